The molecule has 0 unspecified atom stereocenters. The molecule has 1 aliphatic rings. The highest BCUT2D eigenvalue weighted by atomic mass is 16.5. The number of fused-ring (bicyclic) bond motifs is 3. The highest BCUT2D eigenvalue weighted by Gasteiger charge is 2.16. The van der Waals surface area contributed by atoms with E-state index in [1.54, 1.807) is 10.7 Å². The van der Waals surface area contributed by atoms with Crippen LogP contribution in [-0.4, -0.2) is 33.7 Å². The van der Waals surface area contributed by atoms with Gasteiger partial charge in [-0.05, 0) is 25.5 Å². The van der Waals surface area contributed by atoms with Gasteiger partial charge in [-0.15, -0.1) is 0 Å². The minimum atomic E-state index is -0.208. The van der Waals surface area contributed by atoms with E-state index in [1.165, 1.54) is 0 Å². The number of hydrogen-bond acceptors (Lipinski definition) is 5. The zero-order valence-corrected chi connectivity index (χ0v) is 13.5. The molecular weight excluding hydrogens is 306 g/mol. The van der Waals surface area contributed by atoms with Crippen molar-refractivity contribution in [2.45, 2.75) is 13.8 Å². The fourth-order valence-corrected chi connectivity index (χ4v) is 2.74. The molecule has 7 nitrogen and oxygen atoms in total. The Kier molecular flexibility index (Phi) is 3.34. The number of nitrogens with one attached hydrogen (secondary N) is 2. The number of benzene rings is 1. The SMILES string of the molecule is Cc1ccc2cc1OCCNC(=O)c1cnn3c(C)cc(nc13)N2. The Morgan fingerprint density at radius 3 is 3.00 bits per heavy atom. The van der Waals surface area contributed by atoms with Crippen LogP contribution in [0.4, 0.5) is 11.5 Å². The van der Waals surface area contributed by atoms with E-state index >= 15 is 0 Å². The molecule has 3 heterocycles. The van der Waals surface area contributed by atoms with Crippen LogP contribution >= 0.6 is 0 Å². The lowest BCUT2D eigenvalue weighted by molar-refractivity contribution is 0.0948. The zero-order valence-electron chi connectivity index (χ0n) is 13.5. The second-order valence-electron chi connectivity index (χ2n) is 5.79. The Bertz CT molecular complexity index is 948. The van der Waals surface area contributed by atoms with Gasteiger partial charge in [0, 0.05) is 23.5 Å². The fraction of sp³-hybridized carbons (Fsp3) is 0.235. The van der Waals surface area contributed by atoms with Crippen LogP contribution in [0.3, 0.4) is 0 Å². The van der Waals surface area contributed by atoms with Gasteiger partial charge in [0.25, 0.3) is 5.91 Å². The van der Waals surface area contributed by atoms with Crippen LogP contribution < -0.4 is 15.4 Å². The molecule has 1 aromatic carbocycles. The van der Waals surface area contributed by atoms with E-state index in [-0.39, 0.29) is 5.91 Å². The van der Waals surface area contributed by atoms with E-state index in [0.29, 0.717) is 30.2 Å². The monoisotopic (exact) mass is 323 g/mol. The van der Waals surface area contributed by atoms with Crippen molar-refractivity contribution < 1.29 is 9.53 Å². The number of aryl methyl sites for hydroxylation is 2. The molecule has 122 valence electrons. The van der Waals surface area contributed by atoms with Gasteiger partial charge in [0.05, 0.1) is 12.7 Å². The highest BCUT2D eigenvalue weighted by molar-refractivity contribution is 5.99. The largest absolute Gasteiger partial charge is 0.491 e. The summed E-state index contributed by atoms with van der Waals surface area (Å²) in [7, 11) is 0. The molecule has 0 aliphatic carbocycles. The van der Waals surface area contributed by atoms with Crippen molar-refractivity contribution in [2.24, 2.45) is 0 Å². The number of rotatable bonds is 0. The van der Waals surface area contributed by atoms with Gasteiger partial charge >= 0.3 is 0 Å². The lowest BCUT2D eigenvalue weighted by Crippen LogP contribution is -2.28. The van der Waals surface area contributed by atoms with Crippen molar-refractivity contribution in [3.63, 3.8) is 0 Å². The third-order valence-corrected chi connectivity index (χ3v) is 4.00. The molecule has 0 saturated heterocycles. The number of nitrogens with zero attached hydrogens (tertiary/aromatic N) is 3. The predicted octanol–water partition coefficient (Wildman–Crippen LogP) is 2.21. The Labute approximate surface area is 138 Å². The van der Waals surface area contributed by atoms with Crippen LogP contribution in [-0.2, 0) is 0 Å². The minimum absolute atomic E-state index is 0.208. The van der Waals surface area contributed by atoms with Gasteiger partial charge in [0.1, 0.15) is 23.7 Å². The number of ether oxygens (including phenoxy) is 1. The smallest absolute Gasteiger partial charge is 0.256 e. The van der Waals surface area contributed by atoms with Crippen molar-refractivity contribution in [2.75, 3.05) is 18.5 Å². The van der Waals surface area contributed by atoms with E-state index in [4.69, 9.17) is 4.74 Å². The van der Waals surface area contributed by atoms with Gasteiger partial charge in [-0.3, -0.25) is 4.79 Å². The first-order valence-corrected chi connectivity index (χ1v) is 7.76. The van der Waals surface area contributed by atoms with E-state index < -0.39 is 0 Å². The average molecular weight is 323 g/mol. The van der Waals surface area contributed by atoms with Crippen LogP contribution in [0.2, 0.25) is 0 Å². The normalized spacial score (nSPS) is 14.2. The molecule has 0 radical (unpaired) electrons. The minimum Gasteiger partial charge on any atom is -0.491 e. The number of anilines is 2. The van der Waals surface area contributed by atoms with Gasteiger partial charge in [0.15, 0.2) is 5.65 Å². The maximum atomic E-state index is 12.4. The lowest BCUT2D eigenvalue weighted by atomic mass is 10.2. The lowest BCUT2D eigenvalue weighted by Gasteiger charge is -2.12. The predicted molar refractivity (Wildman–Crippen MR) is 90.0 cm³/mol. The van der Waals surface area contributed by atoms with Crippen molar-refractivity contribution in [3.8, 4) is 5.75 Å². The number of carbonyl (C=O) groups excluding carboxylic acids is 1. The molecule has 0 saturated carbocycles. The third kappa shape index (κ3) is 2.44. The summed E-state index contributed by atoms with van der Waals surface area (Å²) in [6, 6.07) is 7.80. The van der Waals surface area contributed by atoms with Gasteiger partial charge < -0.3 is 15.4 Å². The molecule has 1 amide bonds. The Hall–Kier alpha value is -3.09. The van der Waals surface area contributed by atoms with Crippen molar-refractivity contribution in [1.82, 2.24) is 19.9 Å². The quantitative estimate of drug-likeness (QED) is 0.663. The maximum Gasteiger partial charge on any atom is 0.256 e. The molecule has 1 aliphatic heterocycles. The Balaban J connectivity index is 1.87. The van der Waals surface area contributed by atoms with Crippen LogP contribution in [0.1, 0.15) is 21.6 Å². The molecular formula is C17H17N5O2. The molecule has 4 rings (SSSR count). The van der Waals surface area contributed by atoms with Crippen molar-refractivity contribution >= 4 is 23.1 Å². The first kappa shape index (κ1) is 14.5. The second-order valence-corrected chi connectivity index (χ2v) is 5.79. The molecule has 2 aromatic heterocycles. The number of hydrogen-bond donors (Lipinski definition) is 2. The van der Waals surface area contributed by atoms with E-state index in [1.807, 2.05) is 38.1 Å². The molecule has 0 spiro atoms. The summed E-state index contributed by atoms with van der Waals surface area (Å²) < 4.78 is 7.44. The zero-order chi connectivity index (χ0) is 16.7. The molecule has 0 fully saturated rings. The van der Waals surface area contributed by atoms with Crippen molar-refractivity contribution in [1.29, 1.82) is 0 Å². The van der Waals surface area contributed by atoms with Crippen LogP contribution in [0.25, 0.3) is 5.65 Å². The molecule has 2 N–H and O–H groups in total. The molecule has 24 heavy (non-hydrogen) atoms. The average Bonchev–Trinajstić information content (AvgIpc) is 2.98. The summed E-state index contributed by atoms with van der Waals surface area (Å²) in [5.41, 5.74) is 3.79. The molecule has 7 heteroatoms. The fourth-order valence-electron chi connectivity index (χ4n) is 2.74. The maximum absolute atomic E-state index is 12.4. The molecule has 0 atom stereocenters. The van der Waals surface area contributed by atoms with Crippen molar-refractivity contribution in [3.05, 3.63) is 47.3 Å². The van der Waals surface area contributed by atoms with Crippen LogP contribution in [0.15, 0.2) is 30.5 Å². The van der Waals surface area contributed by atoms with E-state index in [0.717, 1.165) is 22.7 Å². The number of aromatic nitrogens is 3. The Morgan fingerprint density at radius 2 is 2.12 bits per heavy atom. The summed E-state index contributed by atoms with van der Waals surface area (Å²) in [6.07, 6.45) is 1.54. The highest BCUT2D eigenvalue weighted by Crippen LogP contribution is 2.26. The van der Waals surface area contributed by atoms with Gasteiger partial charge in [-0.25, -0.2) is 9.50 Å². The molecule has 3 aromatic rings. The summed E-state index contributed by atoms with van der Waals surface area (Å²) >= 11 is 0. The summed E-state index contributed by atoms with van der Waals surface area (Å²) in [5.74, 6) is 1.23. The summed E-state index contributed by atoms with van der Waals surface area (Å²) in [6.45, 7) is 4.72. The third-order valence-electron chi connectivity index (χ3n) is 4.00. The van der Waals surface area contributed by atoms with Crippen LogP contribution in [0, 0.1) is 13.8 Å². The first-order chi connectivity index (χ1) is 11.6. The van der Waals surface area contributed by atoms with Gasteiger partial charge in [-0.2, -0.15) is 5.10 Å². The van der Waals surface area contributed by atoms with Crippen LogP contribution in [0.5, 0.6) is 5.75 Å². The molecule has 4 bridgehead atoms. The topological polar surface area (TPSA) is 80.5 Å². The number of amides is 1. The Morgan fingerprint density at radius 1 is 1.25 bits per heavy atom. The summed E-state index contributed by atoms with van der Waals surface area (Å²) in [4.78, 5) is 16.9. The van der Waals surface area contributed by atoms with E-state index in [2.05, 4.69) is 20.7 Å². The first-order valence-electron chi connectivity index (χ1n) is 7.76. The second kappa shape index (κ2) is 5.52. The van der Waals surface area contributed by atoms with Gasteiger partial charge in [0.2, 0.25) is 0 Å². The summed E-state index contributed by atoms with van der Waals surface area (Å²) in [5, 5.41) is 10.4. The number of carbonyl (C=O) groups is 1. The van der Waals surface area contributed by atoms with E-state index in [9.17, 15) is 4.79 Å². The van der Waals surface area contributed by atoms with Gasteiger partial charge in [-0.1, -0.05) is 6.07 Å². The standard InChI is InChI=1S/C17H17N5O2/c1-10-3-4-12-8-14(10)24-6-5-18-17(23)13-9-19-22-11(2)7-15(20-12)21-16(13)22/h3-4,7-9H,5-6H2,1-2H3,(H,18,23)(H,20,21).